The highest BCUT2D eigenvalue weighted by Gasteiger charge is 2.15. The molecule has 1 amide bonds. The van der Waals surface area contributed by atoms with Gasteiger partial charge in [0.25, 0.3) is 5.91 Å². The van der Waals surface area contributed by atoms with E-state index in [-0.39, 0.29) is 18.1 Å². The number of esters is 2. The van der Waals surface area contributed by atoms with E-state index >= 15 is 0 Å². The van der Waals surface area contributed by atoms with E-state index in [0.717, 1.165) is 0 Å². The number of hydrogen-bond donors (Lipinski definition) is 1. The second kappa shape index (κ2) is 13.2. The molecule has 0 fully saturated rings. The molecule has 0 aliphatic rings. The highest BCUT2D eigenvalue weighted by molar-refractivity contribution is 5.94. The minimum absolute atomic E-state index is 0.0745. The lowest BCUT2D eigenvalue weighted by Gasteiger charge is -2.11. The van der Waals surface area contributed by atoms with Crippen molar-refractivity contribution >= 4 is 24.1 Å². The van der Waals surface area contributed by atoms with E-state index in [1.807, 2.05) is 0 Å². The predicted octanol–water partition coefficient (Wildman–Crippen LogP) is 4.66. The summed E-state index contributed by atoms with van der Waals surface area (Å²) in [6.45, 7) is -0.304. The van der Waals surface area contributed by atoms with Crippen LogP contribution in [0.1, 0.15) is 26.3 Å². The van der Waals surface area contributed by atoms with Gasteiger partial charge < -0.3 is 18.9 Å². The predicted molar refractivity (Wildman–Crippen MR) is 143 cm³/mol. The number of carbonyl (C=O) groups is 3. The second-order valence-electron chi connectivity index (χ2n) is 7.94. The van der Waals surface area contributed by atoms with Crippen molar-refractivity contribution in [1.82, 2.24) is 5.43 Å². The first-order chi connectivity index (χ1) is 19.0. The molecule has 0 aliphatic heterocycles. The zero-order chi connectivity index (χ0) is 27.5. The fourth-order valence-corrected chi connectivity index (χ4v) is 3.33. The van der Waals surface area contributed by atoms with Crippen LogP contribution in [-0.4, -0.2) is 37.8 Å². The topological polar surface area (TPSA) is 113 Å². The van der Waals surface area contributed by atoms with E-state index in [2.05, 4.69) is 10.5 Å². The maximum Gasteiger partial charge on any atom is 0.343 e. The van der Waals surface area contributed by atoms with Crippen LogP contribution in [0.25, 0.3) is 0 Å². The summed E-state index contributed by atoms with van der Waals surface area (Å²) < 4.78 is 21.7. The fraction of sp³-hybridized carbons (Fsp3) is 0.0667. The lowest BCUT2D eigenvalue weighted by Crippen LogP contribution is -2.24. The molecule has 0 radical (unpaired) electrons. The highest BCUT2D eigenvalue weighted by Crippen LogP contribution is 2.26. The van der Waals surface area contributed by atoms with E-state index in [1.165, 1.54) is 25.5 Å². The monoisotopic (exact) mass is 524 g/mol. The fourth-order valence-electron chi connectivity index (χ4n) is 3.33. The number of para-hydroxylation sites is 2. The third-order valence-corrected chi connectivity index (χ3v) is 5.24. The maximum atomic E-state index is 12.7. The van der Waals surface area contributed by atoms with Gasteiger partial charge in [0.15, 0.2) is 18.1 Å². The zero-order valence-electron chi connectivity index (χ0n) is 20.9. The summed E-state index contributed by atoms with van der Waals surface area (Å²) in [7, 11) is 1.50. The summed E-state index contributed by atoms with van der Waals surface area (Å²) in [5.41, 5.74) is 3.40. The van der Waals surface area contributed by atoms with Gasteiger partial charge in [-0.05, 0) is 48.5 Å². The van der Waals surface area contributed by atoms with E-state index in [4.69, 9.17) is 18.9 Å². The molecule has 0 unspecified atom stereocenters. The van der Waals surface area contributed by atoms with Gasteiger partial charge in [0.2, 0.25) is 0 Å². The first kappa shape index (κ1) is 26.6. The number of carbonyl (C=O) groups excluding carboxylic acids is 3. The second-order valence-corrected chi connectivity index (χ2v) is 7.94. The Labute approximate surface area is 224 Å². The van der Waals surface area contributed by atoms with Crippen molar-refractivity contribution in [3.8, 4) is 23.0 Å². The molecular formula is C30H24N2O7. The third-order valence-electron chi connectivity index (χ3n) is 5.24. The van der Waals surface area contributed by atoms with E-state index in [9.17, 15) is 14.4 Å². The molecule has 0 spiro atoms. The summed E-state index contributed by atoms with van der Waals surface area (Å²) in [6, 6.07) is 28.3. The molecule has 4 aromatic carbocycles. The molecule has 1 N–H and O–H groups in total. The molecule has 0 saturated carbocycles. The Morgan fingerprint density at radius 3 is 1.95 bits per heavy atom. The lowest BCUT2D eigenvalue weighted by molar-refractivity contribution is -0.123. The van der Waals surface area contributed by atoms with Crippen LogP contribution in [0, 0.1) is 0 Å². The Balaban J connectivity index is 1.47. The van der Waals surface area contributed by atoms with Gasteiger partial charge in [-0.3, -0.25) is 4.79 Å². The van der Waals surface area contributed by atoms with Crippen LogP contribution in [0.15, 0.2) is 108 Å². The molecule has 9 heteroatoms. The van der Waals surface area contributed by atoms with Crippen LogP contribution in [0.5, 0.6) is 23.0 Å². The van der Waals surface area contributed by atoms with Crippen molar-refractivity contribution in [2.24, 2.45) is 5.10 Å². The van der Waals surface area contributed by atoms with Gasteiger partial charge in [-0.25, -0.2) is 15.0 Å². The molecule has 9 nitrogen and oxygen atoms in total. The summed E-state index contributed by atoms with van der Waals surface area (Å²) in [5.74, 6) is -0.572. The first-order valence-corrected chi connectivity index (χ1v) is 11.8. The molecule has 0 heterocycles. The zero-order valence-corrected chi connectivity index (χ0v) is 20.9. The Hall–Kier alpha value is -5.44. The van der Waals surface area contributed by atoms with E-state index < -0.39 is 17.8 Å². The van der Waals surface area contributed by atoms with Crippen LogP contribution < -0.4 is 24.4 Å². The van der Waals surface area contributed by atoms with Gasteiger partial charge in [-0.1, -0.05) is 48.5 Å². The van der Waals surface area contributed by atoms with E-state index in [1.54, 1.807) is 91.0 Å². The maximum absolute atomic E-state index is 12.7. The summed E-state index contributed by atoms with van der Waals surface area (Å²) in [6.07, 6.45) is 1.30. The molecule has 0 bridgehead atoms. The number of nitrogens with zero attached hydrogens (tertiary/aromatic N) is 1. The van der Waals surface area contributed by atoms with Gasteiger partial charge >= 0.3 is 11.9 Å². The van der Waals surface area contributed by atoms with Crippen molar-refractivity contribution < 1.29 is 33.3 Å². The number of hydrogen-bond acceptors (Lipinski definition) is 8. The smallest absolute Gasteiger partial charge is 0.343 e. The minimum atomic E-state index is -0.619. The van der Waals surface area contributed by atoms with Gasteiger partial charge in [0, 0.05) is 11.6 Å². The molecule has 0 aliphatic carbocycles. The van der Waals surface area contributed by atoms with Crippen LogP contribution >= 0.6 is 0 Å². The molecular weight excluding hydrogens is 500 g/mol. The molecule has 39 heavy (non-hydrogen) atoms. The van der Waals surface area contributed by atoms with Crippen LogP contribution in [-0.2, 0) is 4.79 Å². The standard InChI is InChI=1S/C30H24N2O7/c1-36-25-14-8-9-15-26(25)37-20-28(33)32-31-19-23-16-17-24(38-29(34)21-10-4-2-5-11-21)18-27(23)39-30(35)22-12-6-3-7-13-22/h2-19H,20H2,1H3,(H,32,33). The van der Waals surface area contributed by atoms with Crippen molar-refractivity contribution in [2.75, 3.05) is 13.7 Å². The number of methoxy groups -OCH3 is 1. The largest absolute Gasteiger partial charge is 0.493 e. The lowest BCUT2D eigenvalue weighted by atomic mass is 10.2. The molecule has 0 aromatic heterocycles. The molecule has 0 saturated heterocycles. The molecule has 4 rings (SSSR count). The molecule has 0 atom stereocenters. The summed E-state index contributed by atoms with van der Waals surface area (Å²) in [5, 5.41) is 3.94. The molecule has 196 valence electrons. The number of benzene rings is 4. The normalized spacial score (nSPS) is 10.5. The average Bonchev–Trinajstić information content (AvgIpc) is 2.98. The number of ether oxygens (including phenoxy) is 4. The van der Waals surface area contributed by atoms with Gasteiger partial charge in [0.1, 0.15) is 11.5 Å². The number of amides is 1. The summed E-state index contributed by atoms with van der Waals surface area (Å²) in [4.78, 5) is 37.4. The quantitative estimate of drug-likeness (QED) is 0.139. The van der Waals surface area contributed by atoms with Crippen molar-refractivity contribution in [2.45, 2.75) is 0 Å². The SMILES string of the molecule is COc1ccccc1OCC(=O)NN=Cc1ccc(OC(=O)c2ccccc2)cc1OC(=O)c1ccccc1. The minimum Gasteiger partial charge on any atom is -0.493 e. The number of hydrazone groups is 1. The van der Waals surface area contributed by atoms with Crippen molar-refractivity contribution in [1.29, 1.82) is 0 Å². The third kappa shape index (κ3) is 7.53. The number of nitrogens with one attached hydrogen (secondary N) is 1. The van der Waals surface area contributed by atoms with E-state index in [0.29, 0.717) is 28.2 Å². The number of rotatable bonds is 10. The van der Waals surface area contributed by atoms with Crippen LogP contribution in [0.4, 0.5) is 0 Å². The van der Waals surface area contributed by atoms with Gasteiger partial charge in [-0.2, -0.15) is 5.10 Å². The van der Waals surface area contributed by atoms with Crippen molar-refractivity contribution in [3.63, 3.8) is 0 Å². The Morgan fingerprint density at radius 2 is 1.31 bits per heavy atom. The van der Waals surface area contributed by atoms with Gasteiger partial charge in [-0.15, -0.1) is 0 Å². The van der Waals surface area contributed by atoms with Gasteiger partial charge in [0.05, 0.1) is 24.5 Å². The first-order valence-electron chi connectivity index (χ1n) is 11.8. The summed E-state index contributed by atoms with van der Waals surface area (Å²) >= 11 is 0. The van der Waals surface area contributed by atoms with Crippen LogP contribution in [0.2, 0.25) is 0 Å². The highest BCUT2D eigenvalue weighted by atomic mass is 16.5. The Kier molecular flexibility index (Phi) is 9.01. The van der Waals surface area contributed by atoms with Crippen LogP contribution in [0.3, 0.4) is 0 Å². The Bertz CT molecular complexity index is 1470. The average molecular weight is 525 g/mol. The molecule has 4 aromatic rings. The van der Waals surface area contributed by atoms with Crippen molar-refractivity contribution in [3.05, 3.63) is 120 Å². The Morgan fingerprint density at radius 1 is 0.718 bits per heavy atom.